The van der Waals surface area contributed by atoms with E-state index >= 15 is 0 Å². The van der Waals surface area contributed by atoms with Gasteiger partial charge in [0.2, 0.25) is 5.91 Å². The minimum absolute atomic E-state index is 0.0362. The van der Waals surface area contributed by atoms with E-state index < -0.39 is 0 Å². The Bertz CT molecular complexity index is 520. The molecular weight excluding hydrogens is 336 g/mol. The molecular formula is C14H21BrN4O2. The van der Waals surface area contributed by atoms with Crippen LogP contribution in [0.25, 0.3) is 0 Å². The molecule has 1 rings (SSSR count). The summed E-state index contributed by atoms with van der Waals surface area (Å²) in [5.41, 5.74) is 7.43. The zero-order chi connectivity index (χ0) is 15.8. The molecule has 21 heavy (non-hydrogen) atoms. The quantitative estimate of drug-likeness (QED) is 0.533. The van der Waals surface area contributed by atoms with Gasteiger partial charge in [-0.2, -0.15) is 0 Å². The Hall–Kier alpha value is -1.60. The molecule has 1 unspecified atom stereocenters. The Labute approximate surface area is 133 Å². The van der Waals surface area contributed by atoms with Gasteiger partial charge in [-0.05, 0) is 31.5 Å². The molecule has 0 aromatic heterocycles. The van der Waals surface area contributed by atoms with Crippen LogP contribution in [-0.2, 0) is 9.53 Å². The molecule has 7 heteroatoms. The van der Waals surface area contributed by atoms with Crippen LogP contribution < -0.4 is 16.4 Å². The molecule has 0 bridgehead atoms. The summed E-state index contributed by atoms with van der Waals surface area (Å²) in [4.78, 5) is 15.8. The van der Waals surface area contributed by atoms with Crippen molar-refractivity contribution in [3.05, 3.63) is 28.2 Å². The van der Waals surface area contributed by atoms with E-state index in [1.54, 1.807) is 7.11 Å². The lowest BCUT2D eigenvalue weighted by Gasteiger charge is -2.13. The molecule has 0 spiro atoms. The molecule has 0 aliphatic rings. The fourth-order valence-corrected chi connectivity index (χ4v) is 2.03. The third kappa shape index (κ3) is 6.59. The predicted octanol–water partition coefficient (Wildman–Crippen LogP) is 1.64. The van der Waals surface area contributed by atoms with Crippen LogP contribution in [0.2, 0.25) is 0 Å². The number of anilines is 1. The molecule has 1 atom stereocenters. The van der Waals surface area contributed by atoms with Crippen molar-refractivity contribution >= 4 is 33.5 Å². The number of ether oxygens (including phenoxy) is 1. The first-order chi connectivity index (χ1) is 9.92. The molecule has 0 aliphatic heterocycles. The number of carbonyl (C=O) groups excluding carboxylic acids is 1. The zero-order valence-corrected chi connectivity index (χ0v) is 14.0. The summed E-state index contributed by atoms with van der Waals surface area (Å²) in [5, 5.41) is 5.74. The van der Waals surface area contributed by atoms with Gasteiger partial charge in [-0.15, -0.1) is 0 Å². The number of guanidine groups is 1. The number of benzene rings is 1. The molecule has 0 heterocycles. The maximum Gasteiger partial charge on any atom is 0.246 e. The summed E-state index contributed by atoms with van der Waals surface area (Å²) >= 11 is 3.37. The third-order valence-electron chi connectivity index (χ3n) is 2.68. The monoisotopic (exact) mass is 356 g/mol. The average molecular weight is 357 g/mol. The molecule has 0 saturated carbocycles. The van der Waals surface area contributed by atoms with Crippen molar-refractivity contribution in [2.45, 2.75) is 19.9 Å². The lowest BCUT2D eigenvalue weighted by molar-refractivity contribution is -0.114. The van der Waals surface area contributed by atoms with Gasteiger partial charge in [-0.3, -0.25) is 4.79 Å². The Morgan fingerprint density at radius 3 is 2.90 bits per heavy atom. The number of nitrogens with zero attached hydrogens (tertiary/aromatic N) is 1. The summed E-state index contributed by atoms with van der Waals surface area (Å²) in [6.45, 7) is 4.31. The van der Waals surface area contributed by atoms with Crippen molar-refractivity contribution in [2.75, 3.05) is 25.6 Å². The van der Waals surface area contributed by atoms with Gasteiger partial charge in [0.15, 0.2) is 5.96 Å². The molecule has 116 valence electrons. The number of methoxy groups -OCH3 is 1. The number of hydrogen-bond donors (Lipinski definition) is 3. The van der Waals surface area contributed by atoms with Crippen molar-refractivity contribution in [3.8, 4) is 0 Å². The van der Waals surface area contributed by atoms with Gasteiger partial charge in [0.1, 0.15) is 6.54 Å². The van der Waals surface area contributed by atoms with Crippen LogP contribution >= 0.6 is 15.9 Å². The number of aryl methyl sites for hydroxylation is 1. The summed E-state index contributed by atoms with van der Waals surface area (Å²) in [7, 11) is 1.61. The summed E-state index contributed by atoms with van der Waals surface area (Å²) in [5.74, 6) is 0.000934. The van der Waals surface area contributed by atoms with Crippen molar-refractivity contribution in [3.63, 3.8) is 0 Å². The highest BCUT2D eigenvalue weighted by Crippen LogP contribution is 2.20. The van der Waals surface area contributed by atoms with Gasteiger partial charge in [0.25, 0.3) is 0 Å². The van der Waals surface area contributed by atoms with E-state index in [0.717, 1.165) is 15.7 Å². The first kappa shape index (κ1) is 17.5. The largest absolute Gasteiger partial charge is 0.383 e. The Balaban J connectivity index is 2.52. The molecule has 6 nitrogen and oxygen atoms in total. The molecule has 0 fully saturated rings. The molecule has 4 N–H and O–H groups in total. The van der Waals surface area contributed by atoms with Crippen LogP contribution in [0.15, 0.2) is 27.7 Å². The molecule has 1 aromatic rings. The van der Waals surface area contributed by atoms with E-state index in [9.17, 15) is 4.79 Å². The minimum atomic E-state index is -0.222. The summed E-state index contributed by atoms with van der Waals surface area (Å²) in [6, 6.07) is 5.72. The fraction of sp³-hybridized carbons (Fsp3) is 0.429. The zero-order valence-electron chi connectivity index (χ0n) is 12.4. The lowest BCUT2D eigenvalue weighted by atomic mass is 10.2. The first-order valence-corrected chi connectivity index (χ1v) is 7.33. The van der Waals surface area contributed by atoms with Gasteiger partial charge in [0, 0.05) is 23.3 Å². The van der Waals surface area contributed by atoms with E-state index in [4.69, 9.17) is 10.5 Å². The lowest BCUT2D eigenvalue weighted by Crippen LogP contribution is -2.41. The highest BCUT2D eigenvalue weighted by molar-refractivity contribution is 9.10. The Morgan fingerprint density at radius 1 is 1.52 bits per heavy atom. The molecule has 1 aromatic carbocycles. The Kier molecular flexibility index (Phi) is 7.18. The number of carbonyl (C=O) groups is 1. The highest BCUT2D eigenvalue weighted by Gasteiger charge is 2.06. The molecule has 0 radical (unpaired) electrons. The molecule has 1 amide bonds. The number of amides is 1. The second-order valence-electron chi connectivity index (χ2n) is 4.71. The third-order valence-corrected chi connectivity index (χ3v) is 3.17. The van der Waals surface area contributed by atoms with Gasteiger partial charge in [-0.1, -0.05) is 22.0 Å². The van der Waals surface area contributed by atoms with Crippen LogP contribution in [0.1, 0.15) is 12.5 Å². The van der Waals surface area contributed by atoms with Crippen LogP contribution in [-0.4, -0.2) is 38.2 Å². The SMILES string of the molecule is COCC(C)NC(N)=NCC(=O)Nc1cc(Br)ccc1C. The average Bonchev–Trinajstić information content (AvgIpc) is 2.41. The second-order valence-corrected chi connectivity index (χ2v) is 5.63. The van der Waals surface area contributed by atoms with Crippen LogP contribution in [0, 0.1) is 6.92 Å². The normalized spacial score (nSPS) is 12.9. The maximum absolute atomic E-state index is 11.9. The predicted molar refractivity (Wildman–Crippen MR) is 88.5 cm³/mol. The number of nitrogens with two attached hydrogens (primary N) is 1. The Morgan fingerprint density at radius 2 is 2.24 bits per heavy atom. The topological polar surface area (TPSA) is 88.7 Å². The van der Waals surface area contributed by atoms with Crippen molar-refractivity contribution in [2.24, 2.45) is 10.7 Å². The van der Waals surface area contributed by atoms with Gasteiger partial charge in [-0.25, -0.2) is 4.99 Å². The molecule has 0 aliphatic carbocycles. The number of aliphatic imine (C=N–C) groups is 1. The van der Waals surface area contributed by atoms with E-state index in [1.165, 1.54) is 0 Å². The minimum Gasteiger partial charge on any atom is -0.383 e. The number of rotatable bonds is 6. The maximum atomic E-state index is 11.9. The van der Waals surface area contributed by atoms with Gasteiger partial charge in [0.05, 0.1) is 6.61 Å². The van der Waals surface area contributed by atoms with E-state index in [0.29, 0.717) is 6.61 Å². The fourth-order valence-electron chi connectivity index (χ4n) is 1.67. The summed E-state index contributed by atoms with van der Waals surface area (Å²) < 4.78 is 5.88. The van der Waals surface area contributed by atoms with Gasteiger partial charge < -0.3 is 21.1 Å². The highest BCUT2D eigenvalue weighted by atomic mass is 79.9. The number of hydrogen-bond acceptors (Lipinski definition) is 3. The van der Waals surface area contributed by atoms with Crippen LogP contribution in [0.3, 0.4) is 0 Å². The smallest absolute Gasteiger partial charge is 0.246 e. The number of halogens is 1. The first-order valence-electron chi connectivity index (χ1n) is 6.53. The summed E-state index contributed by atoms with van der Waals surface area (Å²) in [6.07, 6.45) is 0. The van der Waals surface area contributed by atoms with Crippen molar-refractivity contribution in [1.29, 1.82) is 0 Å². The second kappa shape index (κ2) is 8.63. The van der Waals surface area contributed by atoms with Gasteiger partial charge >= 0.3 is 0 Å². The molecule has 0 saturated heterocycles. The van der Waals surface area contributed by atoms with Crippen molar-refractivity contribution < 1.29 is 9.53 Å². The van der Waals surface area contributed by atoms with E-state index in [1.807, 2.05) is 32.0 Å². The van der Waals surface area contributed by atoms with Crippen LogP contribution in [0.4, 0.5) is 5.69 Å². The standard InChI is InChI=1S/C14H21BrN4O2/c1-9-4-5-11(15)6-12(9)19-13(20)7-17-14(16)18-10(2)8-21-3/h4-6,10H,7-8H2,1-3H3,(H,19,20)(H3,16,17,18). The van der Waals surface area contributed by atoms with E-state index in [-0.39, 0.29) is 24.5 Å². The van der Waals surface area contributed by atoms with Crippen LogP contribution in [0.5, 0.6) is 0 Å². The number of nitrogens with one attached hydrogen (secondary N) is 2. The van der Waals surface area contributed by atoms with E-state index in [2.05, 4.69) is 31.6 Å². The van der Waals surface area contributed by atoms with Crippen molar-refractivity contribution in [1.82, 2.24) is 5.32 Å².